The smallest absolute Gasteiger partial charge is 0.335 e. The van der Waals surface area contributed by atoms with Gasteiger partial charge >= 0.3 is 5.97 Å². The lowest BCUT2D eigenvalue weighted by molar-refractivity contribution is -0.139. The Morgan fingerprint density at radius 3 is 2.53 bits per heavy atom. The zero-order valence-corrected chi connectivity index (χ0v) is 11.5. The summed E-state index contributed by atoms with van der Waals surface area (Å²) < 4.78 is 10.3. The monoisotopic (exact) mass is 242 g/mol. The van der Waals surface area contributed by atoms with E-state index in [1.807, 2.05) is 0 Å². The van der Waals surface area contributed by atoms with Gasteiger partial charge in [0, 0.05) is 6.61 Å². The number of ether oxygens (including phenoxy) is 2. The van der Waals surface area contributed by atoms with Crippen molar-refractivity contribution in [3.8, 4) is 0 Å². The molecule has 0 saturated heterocycles. The minimum Gasteiger partial charge on any atom is -0.463 e. The fourth-order valence-electron chi connectivity index (χ4n) is 1.54. The highest BCUT2D eigenvalue weighted by Crippen LogP contribution is 2.13. The largest absolute Gasteiger partial charge is 0.463 e. The van der Waals surface area contributed by atoms with Crippen molar-refractivity contribution in [1.29, 1.82) is 0 Å². The van der Waals surface area contributed by atoms with Gasteiger partial charge in [-0.1, -0.05) is 39.7 Å². The molecule has 17 heavy (non-hydrogen) atoms. The number of hydrogen-bond donors (Lipinski definition) is 0. The van der Waals surface area contributed by atoms with Gasteiger partial charge in [-0.05, 0) is 19.3 Å². The van der Waals surface area contributed by atoms with E-state index in [-0.39, 0.29) is 12.6 Å². The van der Waals surface area contributed by atoms with Crippen LogP contribution in [0.1, 0.15) is 46.5 Å². The van der Waals surface area contributed by atoms with Gasteiger partial charge in [0.2, 0.25) is 0 Å². The second kappa shape index (κ2) is 10.3. The van der Waals surface area contributed by atoms with Gasteiger partial charge in [-0.3, -0.25) is 0 Å². The molecule has 0 amide bonds. The van der Waals surface area contributed by atoms with E-state index >= 15 is 0 Å². The molecule has 0 N–H and O–H groups in total. The second-order valence-corrected chi connectivity index (χ2v) is 4.26. The van der Waals surface area contributed by atoms with Crippen LogP contribution in [-0.2, 0) is 14.3 Å². The molecule has 0 aromatic rings. The van der Waals surface area contributed by atoms with E-state index in [4.69, 9.17) is 9.47 Å². The Morgan fingerprint density at radius 1 is 1.29 bits per heavy atom. The summed E-state index contributed by atoms with van der Waals surface area (Å²) in [6, 6.07) is 0. The summed E-state index contributed by atoms with van der Waals surface area (Å²) in [5.41, 5.74) is 0.400. The molecule has 100 valence electrons. The molecule has 0 radical (unpaired) electrons. The van der Waals surface area contributed by atoms with Crippen molar-refractivity contribution in [3.63, 3.8) is 0 Å². The van der Waals surface area contributed by atoms with Crippen molar-refractivity contribution >= 4 is 5.97 Å². The summed E-state index contributed by atoms with van der Waals surface area (Å²) in [6.07, 6.45) is 4.76. The minimum absolute atomic E-state index is 0.279. The first kappa shape index (κ1) is 16.2. The van der Waals surface area contributed by atoms with E-state index in [0.29, 0.717) is 24.7 Å². The van der Waals surface area contributed by atoms with Gasteiger partial charge in [-0.25, -0.2) is 4.79 Å². The molecule has 0 heterocycles. The van der Waals surface area contributed by atoms with Gasteiger partial charge in [-0.2, -0.15) is 0 Å². The van der Waals surface area contributed by atoms with Gasteiger partial charge < -0.3 is 9.47 Å². The maximum Gasteiger partial charge on any atom is 0.335 e. The number of hydrogen-bond acceptors (Lipinski definition) is 3. The summed E-state index contributed by atoms with van der Waals surface area (Å²) in [5.74, 6) is 0.235. The fourth-order valence-corrected chi connectivity index (χ4v) is 1.54. The summed E-state index contributed by atoms with van der Waals surface area (Å²) in [6.45, 7) is 11.2. The van der Waals surface area contributed by atoms with Crippen molar-refractivity contribution < 1.29 is 14.3 Å². The average Bonchev–Trinajstić information content (AvgIpc) is 2.33. The lowest BCUT2D eigenvalue weighted by atomic mass is 10.0. The van der Waals surface area contributed by atoms with Gasteiger partial charge in [0.1, 0.15) is 0 Å². The van der Waals surface area contributed by atoms with E-state index in [1.54, 1.807) is 6.92 Å². The van der Waals surface area contributed by atoms with Crippen molar-refractivity contribution in [2.24, 2.45) is 5.92 Å². The Balaban J connectivity index is 3.72. The van der Waals surface area contributed by atoms with Crippen molar-refractivity contribution in [1.82, 2.24) is 0 Å². The molecule has 0 rings (SSSR count). The Kier molecular flexibility index (Phi) is 9.83. The van der Waals surface area contributed by atoms with Crippen LogP contribution in [-0.4, -0.2) is 25.8 Å². The molecule has 0 fully saturated rings. The molecule has 3 heteroatoms. The topological polar surface area (TPSA) is 35.5 Å². The molecule has 0 aromatic carbocycles. The van der Waals surface area contributed by atoms with Crippen LogP contribution < -0.4 is 0 Å². The van der Waals surface area contributed by atoms with E-state index < -0.39 is 0 Å². The quantitative estimate of drug-likeness (QED) is 0.435. The van der Waals surface area contributed by atoms with E-state index in [2.05, 4.69) is 20.4 Å². The van der Waals surface area contributed by atoms with Crippen LogP contribution in [0.5, 0.6) is 0 Å². The first-order valence-electron chi connectivity index (χ1n) is 6.58. The van der Waals surface area contributed by atoms with E-state index in [1.165, 1.54) is 19.3 Å². The lowest BCUT2D eigenvalue weighted by Crippen LogP contribution is -2.15. The Labute approximate surface area is 105 Å². The molecule has 0 saturated carbocycles. The predicted molar refractivity (Wildman–Crippen MR) is 69.9 cm³/mol. The first-order valence-corrected chi connectivity index (χ1v) is 6.58. The molecule has 3 nitrogen and oxygen atoms in total. The highest BCUT2D eigenvalue weighted by atomic mass is 16.5. The minimum atomic E-state index is -0.353. The molecule has 1 unspecified atom stereocenters. The third kappa shape index (κ3) is 7.97. The van der Waals surface area contributed by atoms with Crippen LogP contribution >= 0.6 is 0 Å². The first-order chi connectivity index (χ1) is 8.15. The highest BCUT2D eigenvalue weighted by Gasteiger charge is 2.10. The summed E-state index contributed by atoms with van der Waals surface area (Å²) in [7, 11) is 0. The van der Waals surface area contributed by atoms with E-state index in [9.17, 15) is 4.79 Å². The number of esters is 1. The third-order valence-electron chi connectivity index (χ3n) is 2.74. The van der Waals surface area contributed by atoms with Crippen molar-refractivity contribution in [3.05, 3.63) is 12.2 Å². The number of unbranched alkanes of at least 4 members (excludes halogenated alkanes) is 1. The summed E-state index contributed by atoms with van der Waals surface area (Å²) in [5, 5.41) is 0. The van der Waals surface area contributed by atoms with Crippen LogP contribution in [0.3, 0.4) is 0 Å². The van der Waals surface area contributed by atoms with Crippen LogP contribution in [0, 0.1) is 5.92 Å². The molecule has 0 aliphatic heterocycles. The summed E-state index contributed by atoms with van der Waals surface area (Å²) in [4.78, 5) is 11.3. The number of carbonyl (C=O) groups excluding carboxylic acids is 1. The molecular weight excluding hydrogens is 216 g/mol. The fraction of sp³-hybridized carbons (Fsp3) is 0.786. The van der Waals surface area contributed by atoms with E-state index in [0.717, 1.165) is 6.42 Å². The van der Waals surface area contributed by atoms with Crippen molar-refractivity contribution in [2.45, 2.75) is 46.5 Å². The molecule has 0 bridgehead atoms. The molecule has 0 aliphatic rings. The van der Waals surface area contributed by atoms with Crippen LogP contribution in [0.2, 0.25) is 0 Å². The van der Waals surface area contributed by atoms with Crippen LogP contribution in [0.15, 0.2) is 12.2 Å². The van der Waals surface area contributed by atoms with Gasteiger partial charge in [0.05, 0.1) is 18.8 Å². The molecular formula is C14H26O3. The second-order valence-electron chi connectivity index (χ2n) is 4.26. The van der Waals surface area contributed by atoms with Gasteiger partial charge in [0.25, 0.3) is 0 Å². The number of carbonyl (C=O) groups is 1. The standard InChI is InChI=1S/C14H26O3/c1-5-8-9-13(6-2)11-16-10-12(4)14(15)17-7-3/h13H,4-11H2,1-3H3. The zero-order valence-electron chi connectivity index (χ0n) is 11.5. The number of rotatable bonds is 10. The Hall–Kier alpha value is -0.830. The highest BCUT2D eigenvalue weighted by molar-refractivity contribution is 5.87. The lowest BCUT2D eigenvalue weighted by Gasteiger charge is -2.14. The third-order valence-corrected chi connectivity index (χ3v) is 2.74. The average molecular weight is 242 g/mol. The zero-order chi connectivity index (χ0) is 13.1. The molecule has 0 aromatic heterocycles. The van der Waals surface area contributed by atoms with Gasteiger partial charge in [-0.15, -0.1) is 0 Å². The Bertz CT molecular complexity index is 224. The SMILES string of the molecule is C=C(COCC(CC)CCCC)C(=O)OCC. The molecule has 1 atom stereocenters. The maximum atomic E-state index is 11.3. The molecule has 0 spiro atoms. The Morgan fingerprint density at radius 2 is 2.00 bits per heavy atom. The van der Waals surface area contributed by atoms with Crippen LogP contribution in [0.4, 0.5) is 0 Å². The van der Waals surface area contributed by atoms with Crippen LogP contribution in [0.25, 0.3) is 0 Å². The van der Waals surface area contributed by atoms with Crippen molar-refractivity contribution in [2.75, 3.05) is 19.8 Å². The normalized spacial score (nSPS) is 12.2. The molecule has 0 aliphatic carbocycles. The predicted octanol–water partition coefficient (Wildman–Crippen LogP) is 3.34. The van der Waals surface area contributed by atoms with Gasteiger partial charge in [0.15, 0.2) is 0 Å². The summed E-state index contributed by atoms with van der Waals surface area (Å²) >= 11 is 0. The maximum absolute atomic E-state index is 11.3.